The molecular weight excluding hydrogens is 349 g/mol. The van der Waals surface area contributed by atoms with E-state index in [9.17, 15) is 9.18 Å². The molecule has 0 unspecified atom stereocenters. The summed E-state index contributed by atoms with van der Waals surface area (Å²) in [5.41, 5.74) is 2.18. The molecule has 1 fully saturated rings. The maximum Gasteiger partial charge on any atom is 0.256 e. The number of nitrogens with zero attached hydrogens (tertiary/aromatic N) is 2. The lowest BCUT2D eigenvalue weighted by molar-refractivity contribution is 0.0735. The molecule has 4 rings (SSSR count). The van der Waals surface area contributed by atoms with Gasteiger partial charge in [0.05, 0.1) is 37.7 Å². The summed E-state index contributed by atoms with van der Waals surface area (Å²) in [5, 5.41) is 0. The lowest BCUT2D eigenvalue weighted by Gasteiger charge is -2.26. The zero-order chi connectivity index (χ0) is 19.0. The number of ether oxygens (including phenoxy) is 2. The maximum absolute atomic E-state index is 14.0. The fraction of sp³-hybridized carbons (Fsp3) is 0.300. The minimum Gasteiger partial charge on any atom is -0.497 e. The summed E-state index contributed by atoms with van der Waals surface area (Å²) in [5.74, 6) is 0.665. The molecule has 1 N–H and O–H groups in total. The second kappa shape index (κ2) is 6.90. The average molecular weight is 369 g/mol. The highest BCUT2D eigenvalue weighted by molar-refractivity contribution is 6.05. The third kappa shape index (κ3) is 2.99. The number of H-pyrrole nitrogens is 1. The summed E-state index contributed by atoms with van der Waals surface area (Å²) in [6, 6.07) is 8.04. The summed E-state index contributed by atoms with van der Waals surface area (Å²) >= 11 is 0. The van der Waals surface area contributed by atoms with Gasteiger partial charge in [-0.1, -0.05) is 0 Å². The summed E-state index contributed by atoms with van der Waals surface area (Å²) in [6.07, 6.45) is 3.15. The van der Waals surface area contributed by atoms with Crippen LogP contribution in [0.1, 0.15) is 34.8 Å². The van der Waals surface area contributed by atoms with Crippen LogP contribution in [0.15, 0.2) is 36.7 Å². The number of fused-ring (bicyclic) bond motifs is 1. The van der Waals surface area contributed by atoms with Crippen molar-refractivity contribution in [2.45, 2.75) is 18.9 Å². The quantitative estimate of drug-likeness (QED) is 0.762. The second-order valence-electron chi connectivity index (χ2n) is 6.52. The van der Waals surface area contributed by atoms with E-state index >= 15 is 0 Å². The molecule has 2 heterocycles. The van der Waals surface area contributed by atoms with Crippen LogP contribution in [0, 0.1) is 5.82 Å². The van der Waals surface area contributed by atoms with Gasteiger partial charge >= 0.3 is 0 Å². The monoisotopic (exact) mass is 369 g/mol. The summed E-state index contributed by atoms with van der Waals surface area (Å²) in [6.45, 7) is 0.598. The molecule has 1 aliphatic rings. The number of hydrogen-bond donors (Lipinski definition) is 1. The first-order valence-corrected chi connectivity index (χ1v) is 8.78. The van der Waals surface area contributed by atoms with Crippen molar-refractivity contribution in [3.8, 4) is 11.5 Å². The average Bonchev–Trinajstić information content (AvgIpc) is 3.35. The molecule has 1 aromatic heterocycles. The van der Waals surface area contributed by atoms with Gasteiger partial charge in [-0.25, -0.2) is 9.37 Å². The van der Waals surface area contributed by atoms with Crippen LogP contribution in [0.25, 0.3) is 11.0 Å². The van der Waals surface area contributed by atoms with E-state index in [1.54, 1.807) is 19.1 Å². The SMILES string of the molecule is COc1ccc([C@@H]2CCCN2C(=O)c2cc(F)cc3[nH]cnc23)c(OC)c1. The summed E-state index contributed by atoms with van der Waals surface area (Å²) in [4.78, 5) is 22.1. The Morgan fingerprint density at radius 2 is 2.11 bits per heavy atom. The van der Waals surface area contributed by atoms with E-state index < -0.39 is 5.82 Å². The van der Waals surface area contributed by atoms with Gasteiger partial charge in [0, 0.05) is 18.2 Å². The molecule has 3 aromatic rings. The smallest absolute Gasteiger partial charge is 0.256 e. The molecule has 1 saturated heterocycles. The molecule has 2 aromatic carbocycles. The standard InChI is InChI=1S/C20H20FN3O3/c1-26-13-5-6-14(18(10-13)27-2)17-4-3-7-24(17)20(25)15-8-12(21)9-16-19(15)23-11-22-16/h5-6,8-11,17H,3-4,7H2,1-2H3,(H,22,23)/t17-/m0/s1. The molecule has 1 amide bonds. The molecule has 140 valence electrons. The number of aromatic amines is 1. The molecule has 0 bridgehead atoms. The van der Waals surface area contributed by atoms with Gasteiger partial charge in [0.15, 0.2) is 0 Å². The van der Waals surface area contributed by atoms with Crippen molar-refractivity contribution in [3.63, 3.8) is 0 Å². The van der Waals surface area contributed by atoms with Crippen LogP contribution in [-0.2, 0) is 0 Å². The molecule has 6 nitrogen and oxygen atoms in total. The Bertz CT molecular complexity index is 1000. The third-order valence-electron chi connectivity index (χ3n) is 5.03. The van der Waals surface area contributed by atoms with Crippen LogP contribution in [0.4, 0.5) is 4.39 Å². The first-order chi connectivity index (χ1) is 13.1. The predicted octanol–water partition coefficient (Wildman–Crippen LogP) is 3.70. The molecule has 1 aliphatic heterocycles. The van der Waals surface area contributed by atoms with Crippen LogP contribution in [-0.4, -0.2) is 41.5 Å². The van der Waals surface area contributed by atoms with Gasteiger partial charge in [-0.15, -0.1) is 0 Å². The number of rotatable bonds is 4. The van der Waals surface area contributed by atoms with Crippen LogP contribution >= 0.6 is 0 Å². The normalized spacial score (nSPS) is 16.7. The van der Waals surface area contributed by atoms with Crippen molar-refractivity contribution in [3.05, 3.63) is 53.6 Å². The van der Waals surface area contributed by atoms with Crippen molar-refractivity contribution < 1.29 is 18.7 Å². The van der Waals surface area contributed by atoms with Crippen LogP contribution in [0.3, 0.4) is 0 Å². The first-order valence-electron chi connectivity index (χ1n) is 8.78. The molecule has 7 heteroatoms. The van der Waals surface area contributed by atoms with Gasteiger partial charge in [0.2, 0.25) is 0 Å². The fourth-order valence-electron chi connectivity index (χ4n) is 3.76. The number of halogens is 1. The Hall–Kier alpha value is -3.09. The molecule has 27 heavy (non-hydrogen) atoms. The van der Waals surface area contributed by atoms with E-state index in [2.05, 4.69) is 9.97 Å². The molecule has 0 spiro atoms. The fourth-order valence-corrected chi connectivity index (χ4v) is 3.76. The van der Waals surface area contributed by atoms with Crippen LogP contribution < -0.4 is 9.47 Å². The van der Waals surface area contributed by atoms with Gasteiger partial charge in [0.1, 0.15) is 22.8 Å². The number of carbonyl (C=O) groups excluding carboxylic acids is 1. The number of imidazole rings is 1. The maximum atomic E-state index is 14.0. The lowest BCUT2D eigenvalue weighted by Crippen LogP contribution is -2.31. The number of carbonyl (C=O) groups is 1. The van der Waals surface area contributed by atoms with Crippen LogP contribution in [0.5, 0.6) is 11.5 Å². The number of nitrogens with one attached hydrogen (secondary N) is 1. The highest BCUT2D eigenvalue weighted by atomic mass is 19.1. The van der Waals surface area contributed by atoms with E-state index in [0.29, 0.717) is 29.1 Å². The van der Waals surface area contributed by atoms with E-state index in [1.807, 2.05) is 18.2 Å². The topological polar surface area (TPSA) is 67.5 Å². The van der Waals surface area contributed by atoms with Crippen molar-refractivity contribution in [1.29, 1.82) is 0 Å². The van der Waals surface area contributed by atoms with Crippen molar-refractivity contribution >= 4 is 16.9 Å². The van der Waals surface area contributed by atoms with Gasteiger partial charge in [-0.2, -0.15) is 0 Å². The van der Waals surface area contributed by atoms with E-state index in [0.717, 1.165) is 18.4 Å². The van der Waals surface area contributed by atoms with Crippen molar-refractivity contribution in [1.82, 2.24) is 14.9 Å². The van der Waals surface area contributed by atoms with Gasteiger partial charge in [-0.3, -0.25) is 4.79 Å². The van der Waals surface area contributed by atoms with E-state index in [4.69, 9.17) is 9.47 Å². The summed E-state index contributed by atoms with van der Waals surface area (Å²) in [7, 11) is 3.19. The predicted molar refractivity (Wildman–Crippen MR) is 98.6 cm³/mol. The van der Waals surface area contributed by atoms with Crippen molar-refractivity contribution in [2.75, 3.05) is 20.8 Å². The molecule has 0 saturated carbocycles. The van der Waals surface area contributed by atoms with Gasteiger partial charge in [-0.05, 0) is 37.1 Å². The molecule has 0 radical (unpaired) electrons. The number of methoxy groups -OCH3 is 2. The zero-order valence-corrected chi connectivity index (χ0v) is 15.2. The number of likely N-dealkylation sites (tertiary alicyclic amines) is 1. The van der Waals surface area contributed by atoms with Gasteiger partial charge in [0.25, 0.3) is 5.91 Å². The Balaban J connectivity index is 1.73. The highest BCUT2D eigenvalue weighted by Crippen LogP contribution is 2.39. The van der Waals surface area contributed by atoms with Crippen molar-refractivity contribution in [2.24, 2.45) is 0 Å². The molecular formula is C20H20FN3O3. The van der Waals surface area contributed by atoms with Crippen LogP contribution in [0.2, 0.25) is 0 Å². The zero-order valence-electron chi connectivity index (χ0n) is 15.2. The molecule has 1 atom stereocenters. The van der Waals surface area contributed by atoms with E-state index in [1.165, 1.54) is 18.5 Å². The minimum atomic E-state index is -0.465. The highest BCUT2D eigenvalue weighted by Gasteiger charge is 2.33. The van der Waals surface area contributed by atoms with Gasteiger partial charge < -0.3 is 19.4 Å². The Morgan fingerprint density at radius 3 is 2.89 bits per heavy atom. The van der Waals surface area contributed by atoms with E-state index in [-0.39, 0.29) is 17.5 Å². The Kier molecular flexibility index (Phi) is 4.43. The first kappa shape index (κ1) is 17.3. The second-order valence-corrected chi connectivity index (χ2v) is 6.52. The number of amides is 1. The number of aromatic nitrogens is 2. The lowest BCUT2D eigenvalue weighted by atomic mass is 10.0. The Labute approximate surface area is 155 Å². The number of benzene rings is 2. The number of hydrogen-bond acceptors (Lipinski definition) is 4. The largest absolute Gasteiger partial charge is 0.497 e. The Morgan fingerprint density at radius 1 is 1.26 bits per heavy atom. The minimum absolute atomic E-state index is 0.143. The summed E-state index contributed by atoms with van der Waals surface area (Å²) < 4.78 is 24.8. The molecule has 0 aliphatic carbocycles. The third-order valence-corrected chi connectivity index (χ3v) is 5.03.